The Morgan fingerprint density at radius 2 is 2.22 bits per heavy atom. The smallest absolute Gasteiger partial charge is 0.260 e. The van der Waals surface area contributed by atoms with E-state index >= 15 is 0 Å². The fraction of sp³-hybridized carbons (Fsp3) is 0.700. The van der Waals surface area contributed by atoms with Crippen LogP contribution in [0.5, 0.6) is 0 Å². The highest BCUT2D eigenvalue weighted by Crippen LogP contribution is 2.14. The van der Waals surface area contributed by atoms with E-state index in [-0.39, 0.29) is 11.6 Å². The van der Waals surface area contributed by atoms with E-state index in [2.05, 4.69) is 14.9 Å². The van der Waals surface area contributed by atoms with E-state index in [1.807, 2.05) is 6.92 Å². The highest BCUT2D eigenvalue weighted by atomic mass is 32.2. The normalized spacial score (nSPS) is 11.9. The Labute approximate surface area is 107 Å². The van der Waals surface area contributed by atoms with E-state index in [0.29, 0.717) is 37.4 Å². The van der Waals surface area contributed by atoms with Crippen LogP contribution in [0.15, 0.2) is 5.03 Å². The standard InChI is InChI=1S/C10H20N4O3S/c1-3-17-6-4-5-12-18(15,16)10-9(7-11)8(2)13-14-10/h12H,3-7,11H2,1-2H3,(H,13,14). The van der Waals surface area contributed by atoms with Gasteiger partial charge in [-0.1, -0.05) is 0 Å². The zero-order chi connectivity index (χ0) is 13.6. The van der Waals surface area contributed by atoms with Gasteiger partial charge in [0.1, 0.15) is 0 Å². The van der Waals surface area contributed by atoms with Crippen molar-refractivity contribution < 1.29 is 13.2 Å². The first-order chi connectivity index (χ1) is 8.53. The van der Waals surface area contributed by atoms with Gasteiger partial charge in [0.15, 0.2) is 5.03 Å². The molecule has 1 rings (SSSR count). The van der Waals surface area contributed by atoms with Crippen molar-refractivity contribution in [3.63, 3.8) is 0 Å². The second-order valence-electron chi connectivity index (χ2n) is 3.78. The molecular weight excluding hydrogens is 256 g/mol. The lowest BCUT2D eigenvalue weighted by Gasteiger charge is -2.06. The van der Waals surface area contributed by atoms with Crippen molar-refractivity contribution in [3.05, 3.63) is 11.3 Å². The largest absolute Gasteiger partial charge is 0.382 e. The first-order valence-electron chi connectivity index (χ1n) is 5.84. The minimum absolute atomic E-state index is 0.0149. The zero-order valence-electron chi connectivity index (χ0n) is 10.7. The summed E-state index contributed by atoms with van der Waals surface area (Å²) in [6, 6.07) is 0. The lowest BCUT2D eigenvalue weighted by molar-refractivity contribution is 0.146. The summed E-state index contributed by atoms with van der Waals surface area (Å²) >= 11 is 0. The van der Waals surface area contributed by atoms with Crippen LogP contribution in [0.4, 0.5) is 0 Å². The van der Waals surface area contributed by atoms with Gasteiger partial charge in [-0.2, -0.15) is 5.10 Å². The molecule has 0 saturated heterocycles. The first-order valence-corrected chi connectivity index (χ1v) is 7.32. The number of sulfonamides is 1. The molecule has 1 aromatic rings. The molecule has 18 heavy (non-hydrogen) atoms. The van der Waals surface area contributed by atoms with Crippen LogP contribution in [0, 0.1) is 6.92 Å². The van der Waals surface area contributed by atoms with Gasteiger partial charge in [0.2, 0.25) is 0 Å². The van der Waals surface area contributed by atoms with Crippen molar-refractivity contribution in [1.82, 2.24) is 14.9 Å². The average molecular weight is 276 g/mol. The number of rotatable bonds is 8. The number of aromatic amines is 1. The van der Waals surface area contributed by atoms with Crippen LogP contribution in [-0.2, 0) is 21.3 Å². The Morgan fingerprint density at radius 1 is 1.50 bits per heavy atom. The van der Waals surface area contributed by atoms with Crippen LogP contribution in [0.2, 0.25) is 0 Å². The average Bonchev–Trinajstić information content (AvgIpc) is 2.70. The van der Waals surface area contributed by atoms with Gasteiger partial charge in [0.05, 0.1) is 0 Å². The molecule has 0 aliphatic rings. The van der Waals surface area contributed by atoms with Crippen molar-refractivity contribution in [1.29, 1.82) is 0 Å². The molecule has 0 saturated carbocycles. The summed E-state index contributed by atoms with van der Waals surface area (Å²) in [5, 5.41) is 6.40. The summed E-state index contributed by atoms with van der Waals surface area (Å²) in [5.74, 6) is 0. The maximum absolute atomic E-state index is 12.0. The Morgan fingerprint density at radius 3 is 2.83 bits per heavy atom. The van der Waals surface area contributed by atoms with Gasteiger partial charge in [-0.15, -0.1) is 0 Å². The maximum atomic E-state index is 12.0. The first kappa shape index (κ1) is 15.1. The summed E-state index contributed by atoms with van der Waals surface area (Å²) in [6.45, 7) is 5.24. The van der Waals surface area contributed by atoms with Gasteiger partial charge in [-0.25, -0.2) is 13.1 Å². The van der Waals surface area contributed by atoms with Gasteiger partial charge in [-0.05, 0) is 20.3 Å². The molecule has 0 aliphatic heterocycles. The highest BCUT2D eigenvalue weighted by Gasteiger charge is 2.22. The van der Waals surface area contributed by atoms with Gasteiger partial charge >= 0.3 is 0 Å². The quantitative estimate of drug-likeness (QED) is 0.573. The Kier molecular flexibility index (Phi) is 5.73. The van der Waals surface area contributed by atoms with E-state index in [1.165, 1.54) is 0 Å². The SMILES string of the molecule is CCOCCCNS(=O)(=O)c1n[nH]c(C)c1CN. The van der Waals surface area contributed by atoms with E-state index in [1.54, 1.807) is 6.92 Å². The van der Waals surface area contributed by atoms with Gasteiger partial charge in [-0.3, -0.25) is 5.10 Å². The molecule has 104 valence electrons. The molecule has 0 amide bonds. The van der Waals surface area contributed by atoms with Crippen molar-refractivity contribution in [3.8, 4) is 0 Å². The molecule has 0 atom stereocenters. The number of hydrogen-bond donors (Lipinski definition) is 3. The Hall–Kier alpha value is -0.960. The van der Waals surface area contributed by atoms with Crippen LogP contribution < -0.4 is 10.5 Å². The minimum Gasteiger partial charge on any atom is -0.382 e. The Balaban J connectivity index is 2.63. The van der Waals surface area contributed by atoms with Crippen LogP contribution in [0.1, 0.15) is 24.6 Å². The summed E-state index contributed by atoms with van der Waals surface area (Å²) in [6.07, 6.45) is 0.619. The lowest BCUT2D eigenvalue weighted by Crippen LogP contribution is -2.27. The predicted molar refractivity (Wildman–Crippen MR) is 67.5 cm³/mol. The summed E-state index contributed by atoms with van der Waals surface area (Å²) in [5.41, 5.74) is 6.71. The minimum atomic E-state index is -3.60. The molecule has 8 heteroatoms. The molecular formula is C10H20N4O3S. The van der Waals surface area contributed by atoms with Crippen LogP contribution >= 0.6 is 0 Å². The molecule has 0 spiro atoms. The molecule has 0 unspecified atom stereocenters. The molecule has 0 radical (unpaired) electrons. The summed E-state index contributed by atoms with van der Waals surface area (Å²) in [7, 11) is -3.60. The molecule has 1 aromatic heterocycles. The van der Waals surface area contributed by atoms with Gasteiger partial charge in [0.25, 0.3) is 10.0 Å². The predicted octanol–water partition coefficient (Wildman–Crippen LogP) is -0.118. The molecule has 0 aromatic carbocycles. The monoisotopic (exact) mass is 276 g/mol. The van der Waals surface area contributed by atoms with Crippen LogP contribution in [-0.4, -0.2) is 38.4 Å². The third-order valence-corrected chi connectivity index (χ3v) is 3.89. The second-order valence-corrected chi connectivity index (χ2v) is 5.47. The molecule has 0 fully saturated rings. The third kappa shape index (κ3) is 3.77. The molecule has 1 heterocycles. The van der Waals surface area contributed by atoms with Crippen molar-refractivity contribution in [2.24, 2.45) is 5.73 Å². The van der Waals surface area contributed by atoms with E-state index in [4.69, 9.17) is 10.5 Å². The maximum Gasteiger partial charge on any atom is 0.260 e. The fourth-order valence-corrected chi connectivity index (χ4v) is 2.76. The van der Waals surface area contributed by atoms with Gasteiger partial charge < -0.3 is 10.5 Å². The number of H-pyrrole nitrogens is 1. The highest BCUT2D eigenvalue weighted by molar-refractivity contribution is 7.89. The van der Waals surface area contributed by atoms with E-state index in [0.717, 1.165) is 0 Å². The molecule has 0 aliphatic carbocycles. The second kappa shape index (κ2) is 6.83. The lowest BCUT2D eigenvalue weighted by atomic mass is 10.3. The van der Waals surface area contributed by atoms with E-state index in [9.17, 15) is 8.42 Å². The summed E-state index contributed by atoms with van der Waals surface area (Å²) < 4.78 is 31.5. The van der Waals surface area contributed by atoms with Crippen LogP contribution in [0.3, 0.4) is 0 Å². The summed E-state index contributed by atoms with van der Waals surface area (Å²) in [4.78, 5) is 0. The third-order valence-electron chi connectivity index (χ3n) is 2.46. The number of aromatic nitrogens is 2. The topological polar surface area (TPSA) is 110 Å². The van der Waals surface area contributed by atoms with Crippen molar-refractivity contribution in [2.45, 2.75) is 31.8 Å². The Bertz CT molecular complexity index is 469. The number of nitrogens with two attached hydrogens (primary N) is 1. The number of nitrogens with zero attached hydrogens (tertiary/aromatic N) is 1. The zero-order valence-corrected chi connectivity index (χ0v) is 11.5. The number of ether oxygens (including phenoxy) is 1. The van der Waals surface area contributed by atoms with Gasteiger partial charge in [0, 0.05) is 37.6 Å². The number of aryl methyl sites for hydroxylation is 1. The number of hydrogen-bond acceptors (Lipinski definition) is 5. The van der Waals surface area contributed by atoms with Crippen molar-refractivity contribution >= 4 is 10.0 Å². The molecule has 0 bridgehead atoms. The van der Waals surface area contributed by atoms with Crippen LogP contribution in [0.25, 0.3) is 0 Å². The number of nitrogens with one attached hydrogen (secondary N) is 2. The molecule has 7 nitrogen and oxygen atoms in total. The molecule has 4 N–H and O–H groups in total. The van der Waals surface area contributed by atoms with Crippen molar-refractivity contribution in [2.75, 3.05) is 19.8 Å². The van der Waals surface area contributed by atoms with E-state index < -0.39 is 10.0 Å². The fourth-order valence-electron chi connectivity index (χ4n) is 1.49.